The molecule has 39 heavy (non-hydrogen) atoms. The Morgan fingerprint density at radius 1 is 1.13 bits per heavy atom. The molecule has 1 aliphatic carbocycles. The average molecular weight is 583 g/mol. The minimum Gasteiger partial charge on any atom is -0.453 e. The van der Waals surface area contributed by atoms with Crippen molar-refractivity contribution >= 4 is 34.6 Å². The van der Waals surface area contributed by atoms with Crippen molar-refractivity contribution in [1.82, 2.24) is 20.3 Å². The molecule has 0 radical (unpaired) electrons. The second kappa shape index (κ2) is 15.9. The summed E-state index contributed by atoms with van der Waals surface area (Å²) < 4.78 is 18.8. The van der Waals surface area contributed by atoms with Crippen molar-refractivity contribution in [2.45, 2.75) is 102 Å². The summed E-state index contributed by atoms with van der Waals surface area (Å²) in [6, 6.07) is 7.99. The lowest BCUT2D eigenvalue weighted by Gasteiger charge is -2.36. The van der Waals surface area contributed by atoms with Crippen LogP contribution >= 0.6 is 11.6 Å². The normalized spacial score (nSPS) is 26.8. The minimum atomic E-state index is -0.703. The highest BCUT2D eigenvalue weighted by Crippen LogP contribution is 2.30. The molecular weight excluding hydrogens is 536 g/mol. The van der Waals surface area contributed by atoms with Crippen LogP contribution < -0.4 is 16.0 Å². The number of hydrogen-bond donors (Lipinski definition) is 3. The minimum absolute atomic E-state index is 0.135. The van der Waals surface area contributed by atoms with Crippen LogP contribution in [0, 0.1) is 5.92 Å². The van der Waals surface area contributed by atoms with Crippen molar-refractivity contribution in [2.24, 2.45) is 5.92 Å². The molecule has 3 N–H and O–H groups in total. The summed E-state index contributed by atoms with van der Waals surface area (Å²) >= 11 is 6.00. The van der Waals surface area contributed by atoms with Crippen LogP contribution in [0.15, 0.2) is 24.3 Å². The molecule has 2 amide bonds. The third-order valence-corrected chi connectivity index (χ3v) is 9.94. The predicted molar refractivity (Wildman–Crippen MR) is 158 cm³/mol. The standard InChI is InChI=1S/C20H29ClN2O3.C9H18N2OS/c1-13(2)17(14-9-11-15(21)12-10-14)18(23-20(25)26-3)19(24)22-16-7-5-4-6-8-16;1-2-9-6-10-8-4-3-5-13(12)11(9)7-8/h9-13,16-18H,4-8H2,1-3H3,(H,22,24)(H,23,25);8-10H,2-7H2,1H3/t;8-,9?,13?/m.1/s1. The molecular formula is C29H47ClN4O4S. The Kier molecular flexibility index (Phi) is 13.0. The molecule has 2 aliphatic heterocycles. The van der Waals surface area contributed by atoms with E-state index >= 15 is 0 Å². The summed E-state index contributed by atoms with van der Waals surface area (Å²) in [5.74, 6) is 0.663. The highest BCUT2D eigenvalue weighted by Gasteiger charge is 2.35. The van der Waals surface area contributed by atoms with E-state index in [0.717, 1.165) is 62.9 Å². The van der Waals surface area contributed by atoms with Crippen molar-refractivity contribution in [1.29, 1.82) is 0 Å². The molecule has 1 aromatic rings. The molecule has 5 unspecified atom stereocenters. The summed E-state index contributed by atoms with van der Waals surface area (Å²) in [6.07, 6.45) is 8.26. The molecule has 6 atom stereocenters. The third-order valence-electron chi connectivity index (χ3n) is 8.08. The second-order valence-electron chi connectivity index (χ2n) is 11.2. The van der Waals surface area contributed by atoms with Crippen molar-refractivity contribution in [3.05, 3.63) is 34.9 Å². The van der Waals surface area contributed by atoms with Gasteiger partial charge in [-0.3, -0.25) is 4.79 Å². The van der Waals surface area contributed by atoms with Crippen LogP contribution in [0.3, 0.4) is 0 Å². The Labute approximate surface area is 241 Å². The molecule has 2 bridgehead atoms. The van der Waals surface area contributed by atoms with Gasteiger partial charge in [-0.2, -0.15) is 0 Å². The number of rotatable bonds is 7. The lowest BCUT2D eigenvalue weighted by atomic mass is 9.81. The number of carbonyl (C=O) groups is 2. The first-order valence-corrected chi connectivity index (χ1v) is 16.2. The quantitative estimate of drug-likeness (QED) is 0.431. The van der Waals surface area contributed by atoms with Gasteiger partial charge in [0.1, 0.15) is 6.04 Å². The zero-order valence-electron chi connectivity index (χ0n) is 23.9. The van der Waals surface area contributed by atoms with Gasteiger partial charge in [-0.25, -0.2) is 13.3 Å². The van der Waals surface area contributed by atoms with Gasteiger partial charge in [-0.15, -0.1) is 0 Å². The number of benzene rings is 1. The fourth-order valence-corrected chi connectivity index (χ4v) is 7.56. The molecule has 2 heterocycles. The third kappa shape index (κ3) is 9.44. The molecule has 0 spiro atoms. The topological polar surface area (TPSA) is 99.8 Å². The maximum Gasteiger partial charge on any atom is 0.407 e. The van der Waals surface area contributed by atoms with Gasteiger partial charge in [0.2, 0.25) is 5.91 Å². The zero-order chi connectivity index (χ0) is 28.4. The van der Waals surface area contributed by atoms with Gasteiger partial charge in [0.05, 0.1) is 18.1 Å². The van der Waals surface area contributed by atoms with Crippen LogP contribution in [0.5, 0.6) is 0 Å². The number of amides is 2. The van der Waals surface area contributed by atoms with Gasteiger partial charge in [-0.1, -0.05) is 63.8 Å². The molecule has 1 saturated carbocycles. The number of hydrogen-bond acceptors (Lipinski definition) is 5. The highest BCUT2D eigenvalue weighted by atomic mass is 35.5. The molecule has 220 valence electrons. The maximum atomic E-state index is 13.0. The average Bonchev–Trinajstić information content (AvgIpc) is 3.08. The summed E-state index contributed by atoms with van der Waals surface area (Å²) in [5.41, 5.74) is 0.963. The molecule has 2 saturated heterocycles. The predicted octanol–water partition coefficient (Wildman–Crippen LogP) is 4.75. The SMILES string of the molecule is CCC1CN[C@@H]2CCCS(=O)N1C2.COC(=O)NC(C(=O)NC1CCCCC1)C(c1ccc(Cl)cc1)C(C)C. The number of halogens is 1. The lowest BCUT2D eigenvalue weighted by molar-refractivity contribution is -0.124. The lowest BCUT2D eigenvalue weighted by Crippen LogP contribution is -2.55. The maximum absolute atomic E-state index is 13.0. The van der Waals surface area contributed by atoms with E-state index in [2.05, 4.69) is 27.2 Å². The smallest absolute Gasteiger partial charge is 0.407 e. The molecule has 8 nitrogen and oxygen atoms in total. The second-order valence-corrected chi connectivity index (χ2v) is 13.2. The van der Waals surface area contributed by atoms with Crippen molar-refractivity contribution < 1.29 is 18.5 Å². The Morgan fingerprint density at radius 2 is 1.82 bits per heavy atom. The fraction of sp³-hybridized carbons (Fsp3) is 0.724. The molecule has 3 aliphatic rings. The van der Waals surface area contributed by atoms with Gasteiger partial charge < -0.3 is 20.7 Å². The van der Waals surface area contributed by atoms with Crippen LogP contribution in [-0.2, 0) is 20.5 Å². The molecule has 1 aromatic carbocycles. The van der Waals surface area contributed by atoms with Crippen molar-refractivity contribution in [2.75, 3.05) is 26.0 Å². The van der Waals surface area contributed by atoms with Gasteiger partial charge in [0.15, 0.2) is 0 Å². The largest absolute Gasteiger partial charge is 0.453 e. The number of nitrogens with one attached hydrogen (secondary N) is 3. The van der Waals surface area contributed by atoms with Gasteiger partial charge >= 0.3 is 6.09 Å². The molecule has 4 rings (SSSR count). The van der Waals surface area contributed by atoms with Crippen LogP contribution in [0.4, 0.5) is 4.79 Å². The highest BCUT2D eigenvalue weighted by molar-refractivity contribution is 7.82. The fourth-order valence-electron chi connectivity index (χ4n) is 5.89. The number of methoxy groups -OCH3 is 1. The van der Waals surface area contributed by atoms with E-state index in [1.54, 1.807) is 12.1 Å². The molecule has 10 heteroatoms. The Hall–Kier alpha value is -1.68. The number of ether oxygens (including phenoxy) is 1. The van der Waals surface area contributed by atoms with Gasteiger partial charge in [0.25, 0.3) is 0 Å². The van der Waals surface area contributed by atoms with Crippen molar-refractivity contribution in [3.8, 4) is 0 Å². The summed E-state index contributed by atoms with van der Waals surface area (Å²) in [4.78, 5) is 24.9. The van der Waals surface area contributed by atoms with Crippen LogP contribution in [0.2, 0.25) is 5.02 Å². The van der Waals surface area contributed by atoms with E-state index in [9.17, 15) is 13.8 Å². The van der Waals surface area contributed by atoms with E-state index in [1.807, 2.05) is 26.0 Å². The summed E-state index contributed by atoms with van der Waals surface area (Å²) in [7, 11) is 0.602. The molecule has 3 fully saturated rings. The van der Waals surface area contributed by atoms with E-state index in [0.29, 0.717) is 17.1 Å². The van der Waals surface area contributed by atoms with E-state index in [1.165, 1.54) is 20.0 Å². The monoisotopic (exact) mass is 582 g/mol. The van der Waals surface area contributed by atoms with E-state index in [-0.39, 0.29) is 23.8 Å². The Bertz CT molecular complexity index is 942. The Balaban J connectivity index is 0.000000268. The van der Waals surface area contributed by atoms with Crippen LogP contribution in [-0.4, -0.2) is 70.6 Å². The number of piperazine rings is 1. The zero-order valence-corrected chi connectivity index (χ0v) is 25.5. The van der Waals surface area contributed by atoms with Crippen LogP contribution in [0.25, 0.3) is 0 Å². The molecule has 0 aromatic heterocycles. The van der Waals surface area contributed by atoms with Crippen LogP contribution in [0.1, 0.15) is 83.6 Å². The first-order valence-electron chi connectivity index (χ1n) is 14.5. The number of alkyl carbamates (subject to hydrolysis) is 1. The number of nitrogens with zero attached hydrogens (tertiary/aromatic N) is 1. The van der Waals surface area contributed by atoms with Gasteiger partial charge in [-0.05, 0) is 55.7 Å². The van der Waals surface area contributed by atoms with E-state index < -0.39 is 23.1 Å². The summed E-state index contributed by atoms with van der Waals surface area (Å²) in [5, 5.41) is 10.0. The first-order chi connectivity index (χ1) is 18.7. The summed E-state index contributed by atoms with van der Waals surface area (Å²) in [6.45, 7) is 8.27. The first kappa shape index (κ1) is 31.8. The van der Waals surface area contributed by atoms with Gasteiger partial charge in [0, 0.05) is 47.9 Å². The number of carbonyl (C=O) groups excluding carboxylic acids is 2. The van der Waals surface area contributed by atoms with E-state index in [4.69, 9.17) is 16.3 Å². The Morgan fingerprint density at radius 3 is 2.44 bits per heavy atom. The van der Waals surface area contributed by atoms with Crippen molar-refractivity contribution in [3.63, 3.8) is 0 Å². The number of fused-ring (bicyclic) bond motifs is 2.